The van der Waals surface area contributed by atoms with Gasteiger partial charge in [-0.2, -0.15) is 0 Å². The number of hydrogen-bond donors (Lipinski definition) is 3. The summed E-state index contributed by atoms with van der Waals surface area (Å²) in [6.45, 7) is 1.98. The Kier molecular flexibility index (Phi) is 3.93. The smallest absolute Gasteiger partial charge is 0.303 e. The molecule has 6 nitrogen and oxygen atoms in total. The number of aromatic nitrogens is 3. The normalized spacial score (nSPS) is 12.3. The van der Waals surface area contributed by atoms with Crippen LogP contribution in [0.4, 0.5) is 5.13 Å². The van der Waals surface area contributed by atoms with E-state index in [0.29, 0.717) is 6.42 Å². The van der Waals surface area contributed by atoms with Gasteiger partial charge in [-0.15, -0.1) is 11.3 Å². The molecule has 2 rings (SSSR count). The lowest BCUT2D eigenvalue weighted by Crippen LogP contribution is -2.08. The fraction of sp³-hybridized carbons (Fsp3) is 0.364. The number of carbonyl (C=O) groups is 1. The van der Waals surface area contributed by atoms with Crippen molar-refractivity contribution in [3.63, 3.8) is 0 Å². The molecule has 0 bridgehead atoms. The van der Waals surface area contributed by atoms with Crippen LogP contribution in [0, 0.1) is 0 Å². The molecule has 0 aromatic carbocycles. The van der Waals surface area contributed by atoms with E-state index in [1.54, 1.807) is 12.4 Å². The quantitative estimate of drug-likeness (QED) is 0.744. The topological polar surface area (TPSA) is 90.9 Å². The first-order valence-electron chi connectivity index (χ1n) is 5.57. The van der Waals surface area contributed by atoms with Gasteiger partial charge in [0.05, 0.1) is 18.2 Å². The van der Waals surface area contributed by atoms with E-state index in [0.717, 1.165) is 16.6 Å². The molecule has 0 aliphatic heterocycles. The zero-order valence-electron chi connectivity index (χ0n) is 9.88. The summed E-state index contributed by atoms with van der Waals surface area (Å²) in [4.78, 5) is 22.0. The largest absolute Gasteiger partial charge is 0.481 e. The number of rotatable bonds is 6. The second kappa shape index (κ2) is 5.63. The number of anilines is 1. The predicted molar refractivity (Wildman–Crippen MR) is 68.7 cm³/mol. The first-order chi connectivity index (χ1) is 8.65. The van der Waals surface area contributed by atoms with Gasteiger partial charge in [0.15, 0.2) is 5.13 Å². The van der Waals surface area contributed by atoms with E-state index in [9.17, 15) is 4.79 Å². The first kappa shape index (κ1) is 12.6. The Morgan fingerprint density at radius 1 is 1.67 bits per heavy atom. The molecular weight excluding hydrogens is 252 g/mol. The van der Waals surface area contributed by atoms with Crippen LogP contribution in [0.1, 0.15) is 30.9 Å². The highest BCUT2D eigenvalue weighted by Crippen LogP contribution is 2.21. The second-order valence-corrected chi connectivity index (χ2v) is 4.74. The predicted octanol–water partition coefficient (Wildman–Crippen LogP) is 2.06. The minimum atomic E-state index is -0.804. The lowest BCUT2D eigenvalue weighted by molar-refractivity contribution is -0.136. The van der Waals surface area contributed by atoms with Crippen molar-refractivity contribution in [2.45, 2.75) is 25.8 Å². The second-order valence-electron chi connectivity index (χ2n) is 3.88. The summed E-state index contributed by atoms with van der Waals surface area (Å²) in [5, 5.41) is 14.5. The number of aliphatic carboxylic acids is 1. The number of H-pyrrole nitrogens is 1. The highest BCUT2D eigenvalue weighted by molar-refractivity contribution is 7.13. The van der Waals surface area contributed by atoms with Gasteiger partial charge >= 0.3 is 5.97 Å². The van der Waals surface area contributed by atoms with E-state index < -0.39 is 5.97 Å². The molecule has 1 atom stereocenters. The van der Waals surface area contributed by atoms with E-state index >= 15 is 0 Å². The van der Waals surface area contributed by atoms with Gasteiger partial charge in [-0.25, -0.2) is 9.97 Å². The number of aromatic amines is 1. The molecule has 18 heavy (non-hydrogen) atoms. The van der Waals surface area contributed by atoms with E-state index in [4.69, 9.17) is 5.11 Å². The number of nitrogens with zero attached hydrogens (tertiary/aromatic N) is 2. The molecule has 0 spiro atoms. The van der Waals surface area contributed by atoms with E-state index in [1.165, 1.54) is 11.3 Å². The highest BCUT2D eigenvalue weighted by Gasteiger charge is 2.10. The Morgan fingerprint density at radius 3 is 3.17 bits per heavy atom. The van der Waals surface area contributed by atoms with Crippen LogP contribution in [0.25, 0.3) is 0 Å². The number of thiazole rings is 1. The molecule has 1 unspecified atom stereocenters. The zero-order valence-corrected chi connectivity index (χ0v) is 10.7. The molecular formula is C11H14N4O2S. The van der Waals surface area contributed by atoms with Crippen LogP contribution in [0.2, 0.25) is 0 Å². The van der Waals surface area contributed by atoms with Gasteiger partial charge < -0.3 is 15.4 Å². The van der Waals surface area contributed by atoms with Gasteiger partial charge in [0.25, 0.3) is 0 Å². The molecule has 2 aromatic rings. The summed E-state index contributed by atoms with van der Waals surface area (Å²) >= 11 is 1.47. The number of hydrogen-bond acceptors (Lipinski definition) is 5. The fourth-order valence-electron chi connectivity index (χ4n) is 1.49. The van der Waals surface area contributed by atoms with Gasteiger partial charge in [-0.1, -0.05) is 0 Å². The minimum absolute atomic E-state index is 0.0403. The monoisotopic (exact) mass is 266 g/mol. The third kappa shape index (κ3) is 3.30. The van der Waals surface area contributed by atoms with Crippen LogP contribution in [0.5, 0.6) is 0 Å². The van der Waals surface area contributed by atoms with Crippen molar-refractivity contribution >= 4 is 22.4 Å². The van der Waals surface area contributed by atoms with Gasteiger partial charge in [0, 0.05) is 24.2 Å². The third-order valence-corrected chi connectivity index (χ3v) is 3.24. The van der Waals surface area contributed by atoms with Gasteiger partial charge in [0.2, 0.25) is 0 Å². The van der Waals surface area contributed by atoms with Crippen LogP contribution in [-0.4, -0.2) is 26.0 Å². The standard InChI is InChI=1S/C11H14N4O2S/c1-7(10-12-4-5-13-10)14-11-15-8(6-18-11)2-3-9(16)17/h4-7H,2-3H2,1H3,(H,12,13)(H,14,15)(H,16,17). The van der Waals surface area contributed by atoms with Gasteiger partial charge in [-0.3, -0.25) is 4.79 Å². The lowest BCUT2D eigenvalue weighted by Gasteiger charge is -2.09. The molecule has 0 radical (unpaired) electrons. The fourth-order valence-corrected chi connectivity index (χ4v) is 2.32. The van der Waals surface area contributed by atoms with Crippen molar-refractivity contribution in [3.8, 4) is 0 Å². The molecule has 2 heterocycles. The molecule has 0 amide bonds. The summed E-state index contributed by atoms with van der Waals surface area (Å²) in [5.74, 6) is 0.0405. The van der Waals surface area contributed by atoms with Crippen LogP contribution < -0.4 is 5.32 Å². The van der Waals surface area contributed by atoms with E-state index in [-0.39, 0.29) is 12.5 Å². The van der Waals surface area contributed by atoms with Crippen molar-refractivity contribution in [1.82, 2.24) is 15.0 Å². The zero-order chi connectivity index (χ0) is 13.0. The Bertz CT molecular complexity index is 509. The van der Waals surface area contributed by atoms with Crippen molar-refractivity contribution in [2.24, 2.45) is 0 Å². The van der Waals surface area contributed by atoms with Gasteiger partial charge in [-0.05, 0) is 6.92 Å². The molecule has 3 N–H and O–H groups in total. The summed E-state index contributed by atoms with van der Waals surface area (Å²) in [6.07, 6.45) is 4.04. The van der Waals surface area contributed by atoms with Crippen molar-refractivity contribution in [3.05, 3.63) is 29.3 Å². The lowest BCUT2D eigenvalue weighted by atomic mass is 10.2. The minimum Gasteiger partial charge on any atom is -0.481 e. The van der Waals surface area contributed by atoms with Crippen LogP contribution in [-0.2, 0) is 11.2 Å². The SMILES string of the molecule is CC(Nc1nc(CCC(=O)O)cs1)c1ncc[nH]1. The Balaban J connectivity index is 1.92. The Morgan fingerprint density at radius 2 is 2.50 bits per heavy atom. The highest BCUT2D eigenvalue weighted by atomic mass is 32.1. The van der Waals surface area contributed by atoms with E-state index in [2.05, 4.69) is 20.3 Å². The average Bonchev–Trinajstić information content (AvgIpc) is 2.97. The molecule has 0 aliphatic rings. The van der Waals surface area contributed by atoms with Crippen molar-refractivity contribution in [2.75, 3.05) is 5.32 Å². The van der Waals surface area contributed by atoms with Crippen LogP contribution in [0.3, 0.4) is 0 Å². The summed E-state index contributed by atoms with van der Waals surface area (Å²) in [7, 11) is 0. The molecule has 96 valence electrons. The molecule has 0 saturated heterocycles. The van der Waals surface area contributed by atoms with Crippen molar-refractivity contribution < 1.29 is 9.90 Å². The number of aryl methyl sites for hydroxylation is 1. The Labute approximate surface area is 108 Å². The maximum absolute atomic E-state index is 10.5. The molecule has 2 aromatic heterocycles. The van der Waals surface area contributed by atoms with Crippen LogP contribution in [0.15, 0.2) is 17.8 Å². The average molecular weight is 266 g/mol. The summed E-state index contributed by atoms with van der Waals surface area (Å²) in [5.41, 5.74) is 0.802. The van der Waals surface area contributed by atoms with E-state index in [1.807, 2.05) is 12.3 Å². The summed E-state index contributed by atoms with van der Waals surface area (Å²) < 4.78 is 0. The molecule has 0 aliphatic carbocycles. The van der Waals surface area contributed by atoms with Crippen molar-refractivity contribution in [1.29, 1.82) is 0 Å². The number of imidazole rings is 1. The van der Waals surface area contributed by atoms with Crippen LogP contribution >= 0.6 is 11.3 Å². The molecule has 0 fully saturated rings. The first-order valence-corrected chi connectivity index (χ1v) is 6.45. The molecule has 0 saturated carbocycles. The number of nitrogens with one attached hydrogen (secondary N) is 2. The van der Waals surface area contributed by atoms with Gasteiger partial charge in [0.1, 0.15) is 5.82 Å². The Hall–Kier alpha value is -1.89. The summed E-state index contributed by atoms with van der Waals surface area (Å²) in [6, 6.07) is 0.0403. The third-order valence-electron chi connectivity index (χ3n) is 2.42. The maximum Gasteiger partial charge on any atom is 0.303 e. The maximum atomic E-state index is 10.5. The number of carboxylic acids is 1. The number of carboxylic acid groups (broad SMARTS) is 1. The molecule has 7 heteroatoms.